The molecule has 4 rings (SSSR count). The number of hydrogen-bond acceptors (Lipinski definition) is 7. The smallest absolute Gasteiger partial charge is 0.434 e. The van der Waals surface area contributed by atoms with Gasteiger partial charge in [0.25, 0.3) is 0 Å². The SMILES string of the molecule is CCCC/C(=N\O)C(=O)c1ccc2c(c1)c1cc(C(=O)c3ccc(OC(=O)OCC(C)C)cc3)ccc1n2CC. The molecule has 0 saturated carbocycles. The van der Waals surface area contributed by atoms with Crippen LogP contribution in [0, 0.1) is 5.92 Å². The molecule has 0 aliphatic heterocycles. The number of hydrogen-bond donors (Lipinski definition) is 1. The molecule has 40 heavy (non-hydrogen) atoms. The van der Waals surface area contributed by atoms with E-state index in [0.717, 1.165) is 34.6 Å². The number of rotatable bonds is 11. The van der Waals surface area contributed by atoms with Crippen LogP contribution in [-0.4, -0.2) is 39.8 Å². The number of Topliss-reactive ketones (excluding diaryl/α,β-unsaturated/α-hetero) is 1. The molecule has 0 saturated heterocycles. The lowest BCUT2D eigenvalue weighted by atomic mass is 9.99. The Morgan fingerprint density at radius 1 is 0.875 bits per heavy atom. The average molecular weight is 543 g/mol. The lowest BCUT2D eigenvalue weighted by Gasteiger charge is -2.08. The van der Waals surface area contributed by atoms with Gasteiger partial charge in [0, 0.05) is 45.0 Å². The average Bonchev–Trinajstić information content (AvgIpc) is 3.28. The first kappa shape index (κ1) is 28.5. The minimum Gasteiger partial charge on any atom is -0.434 e. The first-order valence-electron chi connectivity index (χ1n) is 13.6. The zero-order valence-corrected chi connectivity index (χ0v) is 23.3. The maximum Gasteiger partial charge on any atom is 0.513 e. The first-order chi connectivity index (χ1) is 19.3. The molecule has 0 aliphatic rings. The van der Waals surface area contributed by atoms with Crippen molar-refractivity contribution in [2.24, 2.45) is 11.1 Å². The molecule has 8 nitrogen and oxygen atoms in total. The van der Waals surface area contributed by atoms with Gasteiger partial charge in [0.1, 0.15) is 11.5 Å². The second-order valence-corrected chi connectivity index (χ2v) is 10.1. The van der Waals surface area contributed by atoms with Gasteiger partial charge in [-0.25, -0.2) is 4.79 Å². The normalized spacial score (nSPS) is 11.8. The summed E-state index contributed by atoms with van der Waals surface area (Å²) in [6.07, 6.45) is 1.25. The molecule has 0 unspecified atom stereocenters. The summed E-state index contributed by atoms with van der Waals surface area (Å²) in [4.78, 5) is 38.3. The number of carbonyl (C=O) groups excluding carboxylic acids is 3. The summed E-state index contributed by atoms with van der Waals surface area (Å²) in [5.74, 6) is -0.0118. The molecule has 0 bridgehead atoms. The van der Waals surface area contributed by atoms with E-state index in [2.05, 4.69) is 9.72 Å². The van der Waals surface area contributed by atoms with Crippen molar-refractivity contribution in [2.75, 3.05) is 6.61 Å². The minimum absolute atomic E-state index is 0.136. The molecule has 0 spiro atoms. The van der Waals surface area contributed by atoms with Crippen molar-refractivity contribution in [3.63, 3.8) is 0 Å². The number of fused-ring (bicyclic) bond motifs is 3. The number of aromatic nitrogens is 1. The van der Waals surface area contributed by atoms with E-state index in [0.29, 0.717) is 29.7 Å². The zero-order valence-electron chi connectivity index (χ0n) is 23.3. The number of oxime groups is 1. The fourth-order valence-corrected chi connectivity index (χ4v) is 4.65. The Bertz CT molecular complexity index is 1580. The molecule has 0 radical (unpaired) electrons. The Morgan fingerprint density at radius 3 is 2.05 bits per heavy atom. The predicted octanol–water partition coefficient (Wildman–Crippen LogP) is 7.42. The van der Waals surface area contributed by atoms with Crippen LogP contribution in [0.25, 0.3) is 21.8 Å². The third-order valence-electron chi connectivity index (χ3n) is 6.71. The molecule has 0 amide bonds. The number of nitrogens with zero attached hydrogens (tertiary/aromatic N) is 2. The molecular formula is C32H34N2O6. The monoisotopic (exact) mass is 542 g/mol. The molecule has 3 aromatic carbocycles. The molecule has 4 aromatic rings. The molecule has 1 N–H and O–H groups in total. The summed E-state index contributed by atoms with van der Waals surface area (Å²) >= 11 is 0. The van der Waals surface area contributed by atoms with Gasteiger partial charge in [-0.2, -0.15) is 0 Å². The van der Waals surface area contributed by atoms with Crippen LogP contribution in [0.4, 0.5) is 4.79 Å². The molecule has 0 atom stereocenters. The summed E-state index contributed by atoms with van der Waals surface area (Å²) < 4.78 is 12.3. The highest BCUT2D eigenvalue weighted by atomic mass is 16.7. The van der Waals surface area contributed by atoms with Crippen LogP contribution in [-0.2, 0) is 11.3 Å². The minimum atomic E-state index is -0.786. The number of aryl methyl sites for hydroxylation is 1. The number of ether oxygens (including phenoxy) is 2. The van der Waals surface area contributed by atoms with Gasteiger partial charge in [0.15, 0.2) is 5.78 Å². The Balaban J connectivity index is 1.65. The van der Waals surface area contributed by atoms with Crippen molar-refractivity contribution < 1.29 is 29.1 Å². The van der Waals surface area contributed by atoms with E-state index in [9.17, 15) is 19.6 Å². The van der Waals surface area contributed by atoms with Crippen molar-refractivity contribution in [2.45, 2.75) is 53.5 Å². The standard InChI is InChI=1S/C32H34N2O6/c1-5-7-8-27(33-38)31(36)23-12-16-29-26(18-23)25-17-22(11-15-28(25)34(29)6-2)30(35)21-9-13-24(14-10-21)40-32(37)39-19-20(3)4/h9-18,20,38H,5-8,19H2,1-4H3/b33-27+. The van der Waals surface area contributed by atoms with Crippen LogP contribution in [0.2, 0.25) is 0 Å². The maximum absolute atomic E-state index is 13.4. The van der Waals surface area contributed by atoms with Gasteiger partial charge in [-0.15, -0.1) is 0 Å². The zero-order chi connectivity index (χ0) is 28.8. The van der Waals surface area contributed by atoms with E-state index >= 15 is 0 Å². The van der Waals surface area contributed by atoms with Crippen LogP contribution in [0.5, 0.6) is 5.75 Å². The van der Waals surface area contributed by atoms with Gasteiger partial charge in [0.05, 0.1) is 6.61 Å². The molecule has 208 valence electrons. The summed E-state index contributed by atoms with van der Waals surface area (Å²) in [6.45, 7) is 8.88. The van der Waals surface area contributed by atoms with Crippen LogP contribution in [0.3, 0.4) is 0 Å². The van der Waals surface area contributed by atoms with E-state index < -0.39 is 6.16 Å². The largest absolute Gasteiger partial charge is 0.513 e. The van der Waals surface area contributed by atoms with Crippen LogP contribution < -0.4 is 4.74 Å². The highest BCUT2D eigenvalue weighted by Gasteiger charge is 2.19. The summed E-state index contributed by atoms with van der Waals surface area (Å²) in [7, 11) is 0. The van der Waals surface area contributed by atoms with Gasteiger partial charge in [0.2, 0.25) is 5.78 Å². The second kappa shape index (κ2) is 12.6. The number of ketones is 2. The quantitative estimate of drug-likeness (QED) is 0.0528. The molecule has 1 aromatic heterocycles. The topological polar surface area (TPSA) is 107 Å². The van der Waals surface area contributed by atoms with E-state index in [1.54, 1.807) is 36.4 Å². The van der Waals surface area contributed by atoms with Crippen molar-refractivity contribution in [3.05, 3.63) is 77.4 Å². The van der Waals surface area contributed by atoms with E-state index in [-0.39, 0.29) is 35.6 Å². The highest BCUT2D eigenvalue weighted by Crippen LogP contribution is 2.32. The van der Waals surface area contributed by atoms with Gasteiger partial charge >= 0.3 is 6.16 Å². The number of benzene rings is 3. The van der Waals surface area contributed by atoms with Gasteiger partial charge in [-0.3, -0.25) is 9.59 Å². The maximum atomic E-state index is 13.4. The van der Waals surface area contributed by atoms with Crippen LogP contribution >= 0.6 is 0 Å². The molecule has 0 aliphatic carbocycles. The van der Waals surface area contributed by atoms with E-state index in [1.807, 2.05) is 52.0 Å². The van der Waals surface area contributed by atoms with Crippen LogP contribution in [0.1, 0.15) is 73.2 Å². The lowest BCUT2D eigenvalue weighted by Crippen LogP contribution is -2.14. The van der Waals surface area contributed by atoms with E-state index in [1.165, 1.54) is 0 Å². The number of unbranched alkanes of at least 4 members (excludes halogenated alkanes) is 1. The lowest BCUT2D eigenvalue weighted by molar-refractivity contribution is 0.0885. The van der Waals surface area contributed by atoms with Crippen molar-refractivity contribution >= 4 is 45.2 Å². The molecule has 1 heterocycles. The summed E-state index contributed by atoms with van der Waals surface area (Å²) in [5, 5.41) is 14.4. The Morgan fingerprint density at radius 2 is 1.48 bits per heavy atom. The van der Waals surface area contributed by atoms with Gasteiger partial charge < -0.3 is 19.2 Å². The fourth-order valence-electron chi connectivity index (χ4n) is 4.65. The predicted molar refractivity (Wildman–Crippen MR) is 155 cm³/mol. The number of carbonyl (C=O) groups is 3. The summed E-state index contributed by atoms with van der Waals surface area (Å²) in [6, 6.07) is 17.3. The van der Waals surface area contributed by atoms with Crippen molar-refractivity contribution in [1.82, 2.24) is 4.57 Å². The molecular weight excluding hydrogens is 508 g/mol. The molecule has 0 fully saturated rings. The fraction of sp³-hybridized carbons (Fsp3) is 0.312. The Hall–Kier alpha value is -4.46. The van der Waals surface area contributed by atoms with Crippen LogP contribution in [0.15, 0.2) is 65.8 Å². The summed E-state index contributed by atoms with van der Waals surface area (Å²) in [5.41, 5.74) is 3.40. The third-order valence-corrected chi connectivity index (χ3v) is 6.71. The van der Waals surface area contributed by atoms with E-state index in [4.69, 9.17) is 9.47 Å². The Kier molecular flexibility index (Phi) is 8.99. The van der Waals surface area contributed by atoms with Crippen molar-refractivity contribution in [3.8, 4) is 5.75 Å². The Labute approximate surface area is 233 Å². The molecule has 8 heteroatoms. The van der Waals surface area contributed by atoms with Gasteiger partial charge in [-0.05, 0) is 86.3 Å². The van der Waals surface area contributed by atoms with Crippen molar-refractivity contribution in [1.29, 1.82) is 0 Å². The second-order valence-electron chi connectivity index (χ2n) is 10.1. The van der Waals surface area contributed by atoms with Gasteiger partial charge in [-0.1, -0.05) is 32.3 Å². The highest BCUT2D eigenvalue weighted by molar-refractivity contribution is 6.46. The third kappa shape index (κ3) is 6.06. The first-order valence-corrected chi connectivity index (χ1v) is 13.6.